The van der Waals surface area contributed by atoms with Crippen molar-refractivity contribution in [2.24, 2.45) is 0 Å². The summed E-state index contributed by atoms with van der Waals surface area (Å²) < 4.78 is 0. The highest BCUT2D eigenvalue weighted by molar-refractivity contribution is 8.00. The van der Waals surface area contributed by atoms with E-state index in [9.17, 15) is 10.1 Å². The van der Waals surface area contributed by atoms with Crippen molar-refractivity contribution in [1.29, 1.82) is 5.26 Å². The molecule has 3 aromatic rings. The number of thiophene rings is 1. The predicted molar refractivity (Wildman–Crippen MR) is 123 cm³/mol. The van der Waals surface area contributed by atoms with Crippen LogP contribution >= 0.6 is 23.1 Å². The Morgan fingerprint density at radius 3 is 2.77 bits per heavy atom. The van der Waals surface area contributed by atoms with Crippen molar-refractivity contribution in [2.45, 2.75) is 37.1 Å². The standard InChI is InChI=1S/C24H23N3OS2/c25-15-19-23(21-11-6-14-29-21)18-9-4-5-10-20(18)27-24(19)30-16-22(28)26-13-12-17-7-2-1-3-8-17/h1-3,6-8,11,14H,4-5,9-10,12-13,16H2,(H,26,28). The second kappa shape index (κ2) is 9.92. The lowest BCUT2D eigenvalue weighted by Crippen LogP contribution is -2.27. The van der Waals surface area contributed by atoms with Gasteiger partial charge in [-0.1, -0.05) is 48.2 Å². The van der Waals surface area contributed by atoms with Gasteiger partial charge in [0.05, 0.1) is 11.3 Å². The maximum absolute atomic E-state index is 12.4. The van der Waals surface area contributed by atoms with Gasteiger partial charge in [0.15, 0.2) is 0 Å². The summed E-state index contributed by atoms with van der Waals surface area (Å²) in [6.45, 7) is 0.604. The van der Waals surface area contributed by atoms with Crippen molar-refractivity contribution in [3.63, 3.8) is 0 Å². The first-order valence-electron chi connectivity index (χ1n) is 10.2. The van der Waals surface area contributed by atoms with Crippen molar-refractivity contribution in [3.8, 4) is 16.5 Å². The Bertz CT molecular complexity index is 1060. The van der Waals surface area contributed by atoms with E-state index in [0.717, 1.165) is 48.2 Å². The molecule has 0 saturated carbocycles. The number of aryl methyl sites for hydroxylation is 1. The molecule has 1 aliphatic carbocycles. The van der Waals surface area contributed by atoms with E-state index < -0.39 is 0 Å². The molecule has 1 amide bonds. The Hall–Kier alpha value is -2.62. The number of nitrogens with zero attached hydrogens (tertiary/aromatic N) is 2. The molecule has 0 aliphatic heterocycles. The zero-order chi connectivity index (χ0) is 20.8. The largest absolute Gasteiger partial charge is 0.355 e. The van der Waals surface area contributed by atoms with Crippen LogP contribution in [0, 0.1) is 11.3 Å². The van der Waals surface area contributed by atoms with Gasteiger partial charge in [-0.3, -0.25) is 4.79 Å². The SMILES string of the molecule is N#Cc1c(SCC(=O)NCCc2ccccc2)nc2c(c1-c1cccs1)CCCC2. The maximum Gasteiger partial charge on any atom is 0.230 e. The monoisotopic (exact) mass is 433 g/mol. The molecule has 0 spiro atoms. The predicted octanol–water partition coefficient (Wildman–Crippen LogP) is 5.01. The highest BCUT2D eigenvalue weighted by Gasteiger charge is 2.24. The summed E-state index contributed by atoms with van der Waals surface area (Å²) in [5.41, 5.74) is 5.16. The van der Waals surface area contributed by atoms with E-state index in [1.165, 1.54) is 22.9 Å². The number of hydrogen-bond acceptors (Lipinski definition) is 5. The van der Waals surface area contributed by atoms with Crippen LogP contribution in [0.4, 0.5) is 0 Å². The molecule has 1 aromatic carbocycles. The molecule has 0 fully saturated rings. The van der Waals surface area contributed by atoms with E-state index in [4.69, 9.17) is 4.98 Å². The molecule has 0 saturated heterocycles. The van der Waals surface area contributed by atoms with Crippen molar-refractivity contribution in [1.82, 2.24) is 10.3 Å². The minimum absolute atomic E-state index is 0.0305. The summed E-state index contributed by atoms with van der Waals surface area (Å²) in [6, 6.07) is 16.6. The van der Waals surface area contributed by atoms with Crippen LogP contribution in [0.15, 0.2) is 52.9 Å². The van der Waals surface area contributed by atoms with Crippen LogP contribution in [-0.2, 0) is 24.1 Å². The zero-order valence-electron chi connectivity index (χ0n) is 16.7. The number of benzene rings is 1. The number of hydrogen-bond donors (Lipinski definition) is 1. The van der Waals surface area contributed by atoms with E-state index in [1.807, 2.05) is 29.6 Å². The molecule has 0 atom stereocenters. The van der Waals surface area contributed by atoms with Gasteiger partial charge >= 0.3 is 0 Å². The third-order valence-electron chi connectivity index (χ3n) is 5.24. The maximum atomic E-state index is 12.4. The van der Waals surface area contributed by atoms with E-state index >= 15 is 0 Å². The van der Waals surface area contributed by atoms with Crippen LogP contribution < -0.4 is 5.32 Å². The first-order valence-corrected chi connectivity index (χ1v) is 12.1. The van der Waals surface area contributed by atoms with Crippen LogP contribution in [0.5, 0.6) is 0 Å². The van der Waals surface area contributed by atoms with Crippen molar-refractivity contribution < 1.29 is 4.79 Å². The fourth-order valence-corrected chi connectivity index (χ4v) is 5.44. The van der Waals surface area contributed by atoms with E-state index in [2.05, 4.69) is 29.6 Å². The smallest absolute Gasteiger partial charge is 0.230 e. The van der Waals surface area contributed by atoms with Crippen molar-refractivity contribution in [2.75, 3.05) is 12.3 Å². The third kappa shape index (κ3) is 4.75. The van der Waals surface area contributed by atoms with Gasteiger partial charge in [0.2, 0.25) is 5.91 Å². The Morgan fingerprint density at radius 2 is 2.00 bits per heavy atom. The van der Waals surface area contributed by atoms with Crippen LogP contribution in [0.3, 0.4) is 0 Å². The van der Waals surface area contributed by atoms with Gasteiger partial charge in [-0.05, 0) is 54.7 Å². The van der Waals surface area contributed by atoms with Gasteiger partial charge in [-0.2, -0.15) is 5.26 Å². The third-order valence-corrected chi connectivity index (χ3v) is 7.10. The number of carbonyl (C=O) groups excluding carboxylic acids is 1. The molecule has 1 N–H and O–H groups in total. The minimum atomic E-state index is -0.0305. The van der Waals surface area contributed by atoms with Crippen LogP contribution in [0.2, 0.25) is 0 Å². The topological polar surface area (TPSA) is 65.8 Å². The lowest BCUT2D eigenvalue weighted by atomic mass is 9.89. The average molecular weight is 434 g/mol. The van der Waals surface area contributed by atoms with E-state index in [0.29, 0.717) is 17.1 Å². The summed E-state index contributed by atoms with van der Waals surface area (Å²) in [4.78, 5) is 18.3. The molecular weight excluding hydrogens is 410 g/mol. The molecule has 1 aliphatic rings. The van der Waals surface area contributed by atoms with Crippen LogP contribution in [0.1, 0.15) is 35.2 Å². The molecule has 4 nitrogen and oxygen atoms in total. The molecule has 0 unspecified atom stereocenters. The molecule has 0 bridgehead atoms. The van der Waals surface area contributed by atoms with Crippen molar-refractivity contribution in [3.05, 3.63) is 70.2 Å². The minimum Gasteiger partial charge on any atom is -0.355 e. The molecule has 6 heteroatoms. The van der Waals surface area contributed by atoms with Gasteiger partial charge in [-0.15, -0.1) is 11.3 Å². The highest BCUT2D eigenvalue weighted by atomic mass is 32.2. The lowest BCUT2D eigenvalue weighted by Gasteiger charge is -2.21. The number of aromatic nitrogens is 1. The first-order chi connectivity index (χ1) is 14.8. The number of nitrogens with one attached hydrogen (secondary N) is 1. The van der Waals surface area contributed by atoms with Crippen molar-refractivity contribution >= 4 is 29.0 Å². The normalized spacial score (nSPS) is 12.8. The highest BCUT2D eigenvalue weighted by Crippen LogP contribution is 2.39. The van der Waals surface area contributed by atoms with Crippen LogP contribution in [-0.4, -0.2) is 23.2 Å². The van der Waals surface area contributed by atoms with Gasteiger partial charge in [-0.25, -0.2) is 4.98 Å². The summed E-state index contributed by atoms with van der Waals surface area (Å²) in [5.74, 6) is 0.232. The number of rotatable bonds is 7. The summed E-state index contributed by atoms with van der Waals surface area (Å²) in [7, 11) is 0. The lowest BCUT2D eigenvalue weighted by molar-refractivity contribution is -0.118. The number of thioether (sulfide) groups is 1. The first kappa shape index (κ1) is 20.6. The second-order valence-corrected chi connectivity index (χ2v) is 9.17. The number of fused-ring (bicyclic) bond motifs is 1. The number of amides is 1. The summed E-state index contributed by atoms with van der Waals surface area (Å²) in [5, 5.41) is 15.6. The fourth-order valence-electron chi connectivity index (χ4n) is 3.80. The van der Waals surface area contributed by atoms with Gasteiger partial charge in [0.25, 0.3) is 0 Å². The molecule has 152 valence electrons. The Kier molecular flexibility index (Phi) is 6.83. The Labute approximate surface area is 185 Å². The Morgan fingerprint density at radius 1 is 1.17 bits per heavy atom. The van der Waals surface area contributed by atoms with E-state index in [-0.39, 0.29) is 11.7 Å². The van der Waals surface area contributed by atoms with Gasteiger partial charge in [0, 0.05) is 22.7 Å². The number of carbonyl (C=O) groups is 1. The summed E-state index contributed by atoms with van der Waals surface area (Å²) in [6.07, 6.45) is 4.97. The van der Waals surface area contributed by atoms with Crippen LogP contribution in [0.25, 0.3) is 10.4 Å². The molecule has 0 radical (unpaired) electrons. The molecule has 2 heterocycles. The van der Waals surface area contributed by atoms with E-state index in [1.54, 1.807) is 11.3 Å². The fraction of sp³-hybridized carbons (Fsp3) is 0.292. The summed E-state index contributed by atoms with van der Waals surface area (Å²) >= 11 is 3.02. The number of pyridine rings is 1. The number of nitriles is 1. The zero-order valence-corrected chi connectivity index (χ0v) is 18.3. The van der Waals surface area contributed by atoms with Gasteiger partial charge < -0.3 is 5.32 Å². The molecule has 4 rings (SSSR count). The molecular formula is C24H23N3OS2. The molecule has 30 heavy (non-hydrogen) atoms. The average Bonchev–Trinajstić information content (AvgIpc) is 3.31. The Balaban J connectivity index is 1.48. The van der Waals surface area contributed by atoms with Gasteiger partial charge in [0.1, 0.15) is 11.1 Å². The molecule has 2 aromatic heterocycles. The second-order valence-electron chi connectivity index (χ2n) is 7.26. The quantitative estimate of drug-likeness (QED) is 0.532.